The predicted molar refractivity (Wildman–Crippen MR) is 47.7 cm³/mol. The molecular formula is C9H7F2N3O. The summed E-state index contributed by atoms with van der Waals surface area (Å²) in [6.07, 6.45) is 3.12. The second-order valence-electron chi connectivity index (χ2n) is 2.89. The number of hydrogen-bond acceptors (Lipinski definition) is 3. The van der Waals surface area contributed by atoms with Gasteiger partial charge in [0.2, 0.25) is 0 Å². The Balaban J connectivity index is 2.53. The zero-order chi connectivity index (χ0) is 10.8. The third-order valence-electron chi connectivity index (χ3n) is 1.89. The molecule has 2 N–H and O–H groups in total. The number of aliphatic hydroxyl groups excluding tert-OH is 1. The van der Waals surface area contributed by atoms with Gasteiger partial charge in [0.1, 0.15) is 5.82 Å². The Labute approximate surface area is 83.6 Å². The molecule has 4 nitrogen and oxygen atoms in total. The maximum Gasteiger partial charge on any atom is 0.155 e. The van der Waals surface area contributed by atoms with Crippen LogP contribution in [0.1, 0.15) is 5.69 Å². The first kappa shape index (κ1) is 9.72. The fourth-order valence-corrected chi connectivity index (χ4v) is 1.20. The first-order valence-electron chi connectivity index (χ1n) is 4.16. The van der Waals surface area contributed by atoms with Crippen LogP contribution in [0.2, 0.25) is 0 Å². The van der Waals surface area contributed by atoms with E-state index in [2.05, 4.69) is 15.0 Å². The number of nitrogens with one attached hydrogen (secondary N) is 1. The first-order chi connectivity index (χ1) is 7.22. The molecule has 2 aromatic heterocycles. The molecule has 0 aromatic carbocycles. The lowest BCUT2D eigenvalue weighted by Gasteiger charge is -1.99. The van der Waals surface area contributed by atoms with Gasteiger partial charge in [-0.05, 0) is 0 Å². The van der Waals surface area contributed by atoms with Crippen molar-refractivity contribution in [1.29, 1.82) is 0 Å². The Hall–Kier alpha value is -1.82. The summed E-state index contributed by atoms with van der Waals surface area (Å²) < 4.78 is 26.4. The van der Waals surface area contributed by atoms with E-state index in [0.717, 1.165) is 12.4 Å². The molecule has 2 heterocycles. The molecule has 0 saturated carbocycles. The Morgan fingerprint density at radius 1 is 1.20 bits per heavy atom. The minimum absolute atomic E-state index is 0.0384. The number of imidazole rings is 1. The average Bonchev–Trinajstić information content (AvgIpc) is 2.66. The van der Waals surface area contributed by atoms with Crippen molar-refractivity contribution in [3.63, 3.8) is 0 Å². The summed E-state index contributed by atoms with van der Waals surface area (Å²) in [5.74, 6) is -1.56. The quantitative estimate of drug-likeness (QED) is 0.785. The van der Waals surface area contributed by atoms with Gasteiger partial charge in [0, 0.05) is 0 Å². The van der Waals surface area contributed by atoms with Crippen LogP contribution in [0.5, 0.6) is 0 Å². The van der Waals surface area contributed by atoms with E-state index in [1.807, 2.05) is 0 Å². The van der Waals surface area contributed by atoms with Crippen molar-refractivity contribution in [1.82, 2.24) is 15.0 Å². The number of halogens is 2. The molecule has 0 spiro atoms. The molecule has 2 rings (SSSR count). The summed E-state index contributed by atoms with van der Waals surface area (Å²) in [5.41, 5.74) is 0.116. The van der Waals surface area contributed by atoms with Crippen molar-refractivity contribution in [2.45, 2.75) is 6.61 Å². The monoisotopic (exact) mass is 211 g/mol. The summed E-state index contributed by atoms with van der Waals surface area (Å²) in [6.45, 7) is -0.263. The lowest BCUT2D eigenvalue weighted by atomic mass is 10.2. The van der Waals surface area contributed by atoms with Gasteiger partial charge < -0.3 is 10.1 Å². The summed E-state index contributed by atoms with van der Waals surface area (Å²) in [5, 5.41) is 8.77. The van der Waals surface area contributed by atoms with Gasteiger partial charge in [0.25, 0.3) is 0 Å². The van der Waals surface area contributed by atoms with Gasteiger partial charge in [-0.15, -0.1) is 0 Å². The minimum atomic E-state index is -0.797. The summed E-state index contributed by atoms with van der Waals surface area (Å²) in [6, 6.07) is 0. The predicted octanol–water partition coefficient (Wildman–Crippen LogP) is 1.24. The van der Waals surface area contributed by atoms with Crippen LogP contribution < -0.4 is 0 Å². The molecule has 6 heteroatoms. The van der Waals surface area contributed by atoms with Crippen molar-refractivity contribution in [3.05, 3.63) is 35.9 Å². The minimum Gasteiger partial charge on any atom is -0.390 e. The molecule has 0 aliphatic rings. The fourth-order valence-electron chi connectivity index (χ4n) is 1.20. The Morgan fingerprint density at radius 2 is 1.87 bits per heavy atom. The number of nitrogens with zero attached hydrogens (tertiary/aromatic N) is 2. The fraction of sp³-hybridized carbons (Fsp3) is 0.111. The highest BCUT2D eigenvalue weighted by molar-refractivity contribution is 5.56. The molecular weight excluding hydrogens is 204 g/mol. The van der Waals surface area contributed by atoms with Crippen LogP contribution in [0, 0.1) is 11.6 Å². The van der Waals surface area contributed by atoms with Crippen LogP contribution >= 0.6 is 0 Å². The third kappa shape index (κ3) is 1.71. The number of aromatic amines is 1. The van der Waals surface area contributed by atoms with E-state index in [1.165, 1.54) is 6.20 Å². The second kappa shape index (κ2) is 3.74. The van der Waals surface area contributed by atoms with Gasteiger partial charge in [-0.2, -0.15) is 0 Å². The lowest BCUT2D eigenvalue weighted by Crippen LogP contribution is -1.93. The van der Waals surface area contributed by atoms with E-state index in [4.69, 9.17) is 5.11 Å². The van der Waals surface area contributed by atoms with Gasteiger partial charge in [0.15, 0.2) is 11.6 Å². The van der Waals surface area contributed by atoms with Crippen LogP contribution in [0.4, 0.5) is 8.78 Å². The van der Waals surface area contributed by atoms with Crippen LogP contribution in [0.15, 0.2) is 18.6 Å². The van der Waals surface area contributed by atoms with Gasteiger partial charge in [-0.25, -0.2) is 13.8 Å². The lowest BCUT2D eigenvalue weighted by molar-refractivity contribution is 0.277. The normalized spacial score (nSPS) is 10.6. The number of aromatic nitrogens is 3. The van der Waals surface area contributed by atoms with Crippen molar-refractivity contribution in [3.8, 4) is 11.4 Å². The van der Waals surface area contributed by atoms with E-state index in [1.54, 1.807) is 0 Å². The number of hydrogen-bond donors (Lipinski definition) is 2. The number of rotatable bonds is 2. The molecule has 0 fully saturated rings. The van der Waals surface area contributed by atoms with Gasteiger partial charge in [0.05, 0.1) is 36.5 Å². The molecule has 0 saturated heterocycles. The van der Waals surface area contributed by atoms with Crippen molar-refractivity contribution in [2.24, 2.45) is 0 Å². The Kier molecular flexibility index (Phi) is 2.42. The van der Waals surface area contributed by atoms with Crippen LogP contribution in [0.3, 0.4) is 0 Å². The smallest absolute Gasteiger partial charge is 0.155 e. The van der Waals surface area contributed by atoms with Crippen molar-refractivity contribution in [2.75, 3.05) is 0 Å². The topological polar surface area (TPSA) is 61.8 Å². The molecule has 0 radical (unpaired) electrons. The largest absolute Gasteiger partial charge is 0.390 e. The van der Waals surface area contributed by atoms with Crippen LogP contribution in [-0.4, -0.2) is 20.1 Å². The van der Waals surface area contributed by atoms with E-state index in [-0.39, 0.29) is 18.0 Å². The van der Waals surface area contributed by atoms with Crippen molar-refractivity contribution >= 4 is 0 Å². The van der Waals surface area contributed by atoms with Gasteiger partial charge in [-0.3, -0.25) is 4.98 Å². The Bertz CT molecular complexity index is 464. The van der Waals surface area contributed by atoms with E-state index in [9.17, 15) is 8.78 Å². The molecule has 0 aliphatic heterocycles. The van der Waals surface area contributed by atoms with E-state index >= 15 is 0 Å². The molecule has 0 atom stereocenters. The number of pyridine rings is 1. The van der Waals surface area contributed by atoms with Crippen molar-refractivity contribution < 1.29 is 13.9 Å². The van der Waals surface area contributed by atoms with Crippen LogP contribution in [0.25, 0.3) is 11.4 Å². The number of H-pyrrole nitrogens is 1. The average molecular weight is 211 g/mol. The molecule has 0 bridgehead atoms. The first-order valence-corrected chi connectivity index (χ1v) is 4.16. The third-order valence-corrected chi connectivity index (χ3v) is 1.89. The zero-order valence-electron chi connectivity index (χ0n) is 7.54. The summed E-state index contributed by atoms with van der Waals surface area (Å²) >= 11 is 0. The summed E-state index contributed by atoms with van der Waals surface area (Å²) in [4.78, 5) is 9.70. The molecule has 2 aromatic rings. The van der Waals surface area contributed by atoms with Gasteiger partial charge >= 0.3 is 0 Å². The summed E-state index contributed by atoms with van der Waals surface area (Å²) in [7, 11) is 0. The van der Waals surface area contributed by atoms with Crippen LogP contribution in [-0.2, 0) is 6.61 Å². The highest BCUT2D eigenvalue weighted by atomic mass is 19.1. The van der Waals surface area contributed by atoms with E-state index in [0.29, 0.717) is 5.69 Å². The second-order valence-corrected chi connectivity index (χ2v) is 2.89. The highest BCUT2D eigenvalue weighted by Gasteiger charge is 2.14. The maximum absolute atomic E-state index is 13.2. The molecule has 15 heavy (non-hydrogen) atoms. The SMILES string of the molecule is OCc1cnc(-c2c(F)cncc2F)[nH]1. The molecule has 0 unspecified atom stereocenters. The Morgan fingerprint density at radius 3 is 2.40 bits per heavy atom. The van der Waals surface area contributed by atoms with Gasteiger partial charge in [-0.1, -0.05) is 0 Å². The standard InChI is InChI=1S/C9H7F2N3O/c10-6-2-12-3-7(11)8(6)9-13-1-5(4-15)14-9/h1-3,15H,4H2,(H,13,14). The van der Waals surface area contributed by atoms with E-state index < -0.39 is 11.6 Å². The molecule has 78 valence electrons. The zero-order valence-corrected chi connectivity index (χ0v) is 7.54. The maximum atomic E-state index is 13.2. The number of aliphatic hydroxyl groups is 1. The molecule has 0 aliphatic carbocycles. The highest BCUT2D eigenvalue weighted by Crippen LogP contribution is 2.21. The molecule has 0 amide bonds.